The van der Waals surface area contributed by atoms with E-state index in [4.69, 9.17) is 10.5 Å². The molecule has 0 aliphatic carbocycles. The fraction of sp³-hybridized carbons (Fsp3) is 0.500. The van der Waals surface area contributed by atoms with Crippen molar-refractivity contribution in [2.45, 2.75) is 20.8 Å². The van der Waals surface area contributed by atoms with Gasteiger partial charge in [0.25, 0.3) is 0 Å². The third-order valence-electron chi connectivity index (χ3n) is 2.33. The minimum atomic E-state index is -0.287. The van der Waals surface area contributed by atoms with Crippen LogP contribution in [0.25, 0.3) is 0 Å². The van der Waals surface area contributed by atoms with E-state index in [0.717, 1.165) is 0 Å². The van der Waals surface area contributed by atoms with Crippen molar-refractivity contribution in [3.05, 3.63) is 29.6 Å². The summed E-state index contributed by atoms with van der Waals surface area (Å²) in [6.45, 7) is 6.63. The Morgan fingerprint density at radius 1 is 1.40 bits per heavy atom. The van der Waals surface area contributed by atoms with Crippen molar-refractivity contribution in [2.24, 2.45) is 11.1 Å². The third-order valence-corrected chi connectivity index (χ3v) is 2.33. The topological polar surface area (TPSA) is 35.2 Å². The SMILES string of the molecule is Cc1cccc(OCC(C)(C)CN)c1F. The zero-order valence-corrected chi connectivity index (χ0v) is 9.51. The van der Waals surface area contributed by atoms with Gasteiger partial charge in [0.2, 0.25) is 0 Å². The van der Waals surface area contributed by atoms with Crippen LogP contribution >= 0.6 is 0 Å². The Morgan fingerprint density at radius 2 is 2.07 bits per heavy atom. The van der Waals surface area contributed by atoms with Crippen LogP contribution in [0.5, 0.6) is 5.75 Å². The predicted octanol–water partition coefficient (Wildman–Crippen LogP) is 2.50. The first-order valence-electron chi connectivity index (χ1n) is 5.04. The normalized spacial score (nSPS) is 11.5. The van der Waals surface area contributed by atoms with Crippen LogP contribution in [0.3, 0.4) is 0 Å². The molecule has 0 saturated heterocycles. The van der Waals surface area contributed by atoms with Gasteiger partial charge in [0.1, 0.15) is 0 Å². The molecular formula is C12H18FNO. The summed E-state index contributed by atoms with van der Waals surface area (Å²) >= 11 is 0. The van der Waals surface area contributed by atoms with Gasteiger partial charge in [0.15, 0.2) is 11.6 Å². The smallest absolute Gasteiger partial charge is 0.167 e. The van der Waals surface area contributed by atoms with E-state index < -0.39 is 0 Å². The number of rotatable bonds is 4. The lowest BCUT2D eigenvalue weighted by molar-refractivity contribution is 0.181. The molecule has 1 aromatic carbocycles. The van der Waals surface area contributed by atoms with Crippen LogP contribution in [0.2, 0.25) is 0 Å². The van der Waals surface area contributed by atoms with Gasteiger partial charge in [-0.25, -0.2) is 4.39 Å². The van der Waals surface area contributed by atoms with E-state index in [9.17, 15) is 4.39 Å². The Labute approximate surface area is 90.2 Å². The van der Waals surface area contributed by atoms with Crippen LogP contribution in [0.15, 0.2) is 18.2 Å². The molecule has 84 valence electrons. The van der Waals surface area contributed by atoms with Crippen LogP contribution in [0, 0.1) is 18.2 Å². The lowest BCUT2D eigenvalue weighted by atomic mass is 9.95. The fourth-order valence-corrected chi connectivity index (χ4v) is 1.06. The zero-order chi connectivity index (χ0) is 11.5. The number of nitrogens with two attached hydrogens (primary N) is 1. The van der Waals surface area contributed by atoms with Gasteiger partial charge in [0, 0.05) is 12.0 Å². The molecule has 0 aliphatic rings. The molecule has 0 bridgehead atoms. The van der Waals surface area contributed by atoms with Crippen LogP contribution in [-0.2, 0) is 0 Å². The fourth-order valence-electron chi connectivity index (χ4n) is 1.06. The van der Waals surface area contributed by atoms with Crippen LogP contribution < -0.4 is 10.5 Å². The predicted molar refractivity (Wildman–Crippen MR) is 59.5 cm³/mol. The second-order valence-corrected chi connectivity index (χ2v) is 4.54. The van der Waals surface area contributed by atoms with Crippen LogP contribution in [0.4, 0.5) is 4.39 Å². The van der Waals surface area contributed by atoms with E-state index in [1.54, 1.807) is 25.1 Å². The van der Waals surface area contributed by atoms with E-state index in [2.05, 4.69) is 0 Å². The molecular weight excluding hydrogens is 193 g/mol. The summed E-state index contributed by atoms with van der Waals surface area (Å²) in [5, 5.41) is 0. The summed E-state index contributed by atoms with van der Waals surface area (Å²) in [5.74, 6) is 0.0156. The second kappa shape index (κ2) is 4.62. The van der Waals surface area contributed by atoms with E-state index in [0.29, 0.717) is 24.5 Å². The van der Waals surface area contributed by atoms with Gasteiger partial charge in [-0.2, -0.15) is 0 Å². The zero-order valence-electron chi connectivity index (χ0n) is 9.51. The molecule has 1 aromatic rings. The Kier molecular flexibility index (Phi) is 3.69. The van der Waals surface area contributed by atoms with Gasteiger partial charge in [0.05, 0.1) is 6.61 Å². The number of hydrogen-bond donors (Lipinski definition) is 1. The lowest BCUT2D eigenvalue weighted by Gasteiger charge is -2.22. The Hall–Kier alpha value is -1.09. The highest BCUT2D eigenvalue weighted by Crippen LogP contribution is 2.22. The summed E-state index contributed by atoms with van der Waals surface area (Å²) in [7, 11) is 0. The van der Waals surface area contributed by atoms with Gasteiger partial charge >= 0.3 is 0 Å². The number of halogens is 1. The molecule has 2 N–H and O–H groups in total. The van der Waals surface area contributed by atoms with Crippen molar-refractivity contribution in [3.8, 4) is 5.75 Å². The quantitative estimate of drug-likeness (QED) is 0.830. The molecule has 15 heavy (non-hydrogen) atoms. The number of aryl methyl sites for hydroxylation is 1. The standard InChI is InChI=1S/C12H18FNO/c1-9-5-4-6-10(11(9)13)15-8-12(2,3)7-14/h4-6H,7-8,14H2,1-3H3. The van der Waals surface area contributed by atoms with Crippen molar-refractivity contribution in [1.82, 2.24) is 0 Å². The minimum absolute atomic E-state index is 0.129. The molecule has 0 spiro atoms. The van der Waals surface area contributed by atoms with Gasteiger partial charge in [-0.1, -0.05) is 26.0 Å². The highest BCUT2D eigenvalue weighted by molar-refractivity contribution is 5.30. The molecule has 0 atom stereocenters. The summed E-state index contributed by atoms with van der Waals surface area (Å²) in [5.41, 5.74) is 6.03. The molecule has 0 amide bonds. The summed E-state index contributed by atoms with van der Waals surface area (Å²) in [6, 6.07) is 5.13. The highest BCUT2D eigenvalue weighted by Gasteiger charge is 2.17. The Morgan fingerprint density at radius 3 is 2.67 bits per heavy atom. The van der Waals surface area contributed by atoms with Gasteiger partial charge in [-0.05, 0) is 18.6 Å². The largest absolute Gasteiger partial charge is 0.490 e. The van der Waals surface area contributed by atoms with E-state index in [1.807, 2.05) is 13.8 Å². The molecule has 1 rings (SSSR count). The summed E-state index contributed by atoms with van der Waals surface area (Å²) in [6.07, 6.45) is 0. The summed E-state index contributed by atoms with van der Waals surface area (Å²) < 4.78 is 18.9. The van der Waals surface area contributed by atoms with Crippen molar-refractivity contribution in [2.75, 3.05) is 13.2 Å². The summed E-state index contributed by atoms with van der Waals surface area (Å²) in [4.78, 5) is 0. The van der Waals surface area contributed by atoms with Gasteiger partial charge in [-0.15, -0.1) is 0 Å². The maximum Gasteiger partial charge on any atom is 0.167 e. The Bertz CT molecular complexity index is 336. The molecule has 0 radical (unpaired) electrons. The maximum atomic E-state index is 13.5. The molecule has 2 nitrogen and oxygen atoms in total. The minimum Gasteiger partial charge on any atom is -0.490 e. The molecule has 0 saturated carbocycles. The van der Waals surface area contributed by atoms with Crippen molar-refractivity contribution >= 4 is 0 Å². The molecule has 0 aliphatic heterocycles. The second-order valence-electron chi connectivity index (χ2n) is 4.54. The number of benzene rings is 1. The first-order valence-corrected chi connectivity index (χ1v) is 5.04. The van der Waals surface area contributed by atoms with Crippen molar-refractivity contribution in [3.63, 3.8) is 0 Å². The van der Waals surface area contributed by atoms with Crippen molar-refractivity contribution < 1.29 is 9.13 Å². The molecule has 0 aromatic heterocycles. The van der Waals surface area contributed by atoms with Crippen molar-refractivity contribution in [1.29, 1.82) is 0 Å². The van der Waals surface area contributed by atoms with E-state index in [-0.39, 0.29) is 11.2 Å². The average molecular weight is 211 g/mol. The van der Waals surface area contributed by atoms with Gasteiger partial charge < -0.3 is 10.5 Å². The number of ether oxygens (including phenoxy) is 1. The first kappa shape index (κ1) is 12.0. The number of hydrogen-bond acceptors (Lipinski definition) is 2. The van der Waals surface area contributed by atoms with E-state index in [1.165, 1.54) is 0 Å². The maximum absolute atomic E-state index is 13.5. The van der Waals surface area contributed by atoms with Crippen LogP contribution in [-0.4, -0.2) is 13.2 Å². The molecule has 3 heteroatoms. The first-order chi connectivity index (χ1) is 6.96. The van der Waals surface area contributed by atoms with Crippen LogP contribution in [0.1, 0.15) is 19.4 Å². The lowest BCUT2D eigenvalue weighted by Crippen LogP contribution is -2.30. The van der Waals surface area contributed by atoms with E-state index >= 15 is 0 Å². The monoisotopic (exact) mass is 211 g/mol. The molecule has 0 heterocycles. The highest BCUT2D eigenvalue weighted by atomic mass is 19.1. The van der Waals surface area contributed by atoms with Gasteiger partial charge in [-0.3, -0.25) is 0 Å². The molecule has 0 unspecified atom stereocenters. The third kappa shape index (κ3) is 3.20. The molecule has 0 fully saturated rings. The Balaban J connectivity index is 2.70. The average Bonchev–Trinajstić information content (AvgIpc) is 2.20.